The van der Waals surface area contributed by atoms with E-state index in [1.165, 1.54) is 0 Å². The second-order valence-corrected chi connectivity index (χ2v) is 5.71. The average molecular weight is 256 g/mol. The minimum atomic E-state index is -0.362. The molecular weight excluding hydrogens is 232 g/mol. The molecule has 1 atom stereocenters. The van der Waals surface area contributed by atoms with Gasteiger partial charge in [-0.3, -0.25) is 9.59 Å². The van der Waals surface area contributed by atoms with Crippen molar-refractivity contribution in [3.8, 4) is 0 Å². The van der Waals surface area contributed by atoms with Gasteiger partial charge in [0.15, 0.2) is 0 Å². The molecule has 5 heteroatoms. The van der Waals surface area contributed by atoms with E-state index in [0.717, 1.165) is 0 Å². The summed E-state index contributed by atoms with van der Waals surface area (Å²) < 4.78 is 5.35. The number of methoxy groups -OCH3 is 1. The van der Waals surface area contributed by atoms with Crippen LogP contribution in [0.25, 0.3) is 0 Å². The Kier molecular flexibility index (Phi) is 4.73. The van der Waals surface area contributed by atoms with Crippen LogP contribution in [0.4, 0.5) is 0 Å². The second kappa shape index (κ2) is 5.69. The first-order valence-electron chi connectivity index (χ1n) is 6.41. The minimum Gasteiger partial charge on any atom is -0.379 e. The lowest BCUT2D eigenvalue weighted by molar-refractivity contribution is -0.148. The van der Waals surface area contributed by atoms with Gasteiger partial charge in [-0.2, -0.15) is 0 Å². The maximum atomic E-state index is 11.9. The van der Waals surface area contributed by atoms with Crippen molar-refractivity contribution in [2.45, 2.75) is 45.8 Å². The number of hydrogen-bond acceptors (Lipinski definition) is 3. The largest absolute Gasteiger partial charge is 0.379 e. The lowest BCUT2D eigenvalue weighted by atomic mass is 9.97. The Bertz CT molecular complexity index is 326. The fourth-order valence-corrected chi connectivity index (χ4v) is 2.08. The summed E-state index contributed by atoms with van der Waals surface area (Å²) in [5.41, 5.74) is -0.282. The van der Waals surface area contributed by atoms with E-state index < -0.39 is 0 Å². The molecule has 0 bridgehead atoms. The highest BCUT2D eigenvalue weighted by Gasteiger charge is 2.36. The van der Waals surface area contributed by atoms with E-state index in [9.17, 15) is 9.59 Å². The highest BCUT2D eigenvalue weighted by molar-refractivity contribution is 5.94. The van der Waals surface area contributed by atoms with Gasteiger partial charge in [0.2, 0.25) is 11.8 Å². The van der Waals surface area contributed by atoms with Crippen molar-refractivity contribution in [2.75, 3.05) is 20.2 Å². The van der Waals surface area contributed by atoms with Gasteiger partial charge in [-0.25, -0.2) is 0 Å². The second-order valence-electron chi connectivity index (χ2n) is 5.71. The smallest absolute Gasteiger partial charge is 0.243 e. The van der Waals surface area contributed by atoms with Gasteiger partial charge in [0.1, 0.15) is 6.04 Å². The number of ether oxygens (including phenoxy) is 1. The molecule has 18 heavy (non-hydrogen) atoms. The molecule has 1 aliphatic heterocycles. The van der Waals surface area contributed by atoms with Gasteiger partial charge in [0.25, 0.3) is 0 Å². The summed E-state index contributed by atoms with van der Waals surface area (Å²) >= 11 is 0. The van der Waals surface area contributed by atoms with Crippen molar-refractivity contribution in [3.63, 3.8) is 0 Å². The molecule has 1 heterocycles. The number of amides is 2. The topological polar surface area (TPSA) is 58.6 Å². The van der Waals surface area contributed by atoms with Gasteiger partial charge in [-0.15, -0.1) is 0 Å². The molecular formula is C13H24N2O3. The summed E-state index contributed by atoms with van der Waals surface area (Å²) in [5, 5.41) is 2.64. The molecule has 1 saturated heterocycles. The third kappa shape index (κ3) is 3.45. The van der Waals surface area contributed by atoms with Crippen molar-refractivity contribution in [2.24, 2.45) is 5.92 Å². The van der Waals surface area contributed by atoms with Gasteiger partial charge in [0, 0.05) is 13.7 Å². The van der Waals surface area contributed by atoms with E-state index in [1.807, 2.05) is 27.7 Å². The fourth-order valence-electron chi connectivity index (χ4n) is 2.08. The van der Waals surface area contributed by atoms with E-state index in [2.05, 4.69) is 5.32 Å². The number of piperazine rings is 1. The predicted molar refractivity (Wildman–Crippen MR) is 69.1 cm³/mol. The molecule has 1 N–H and O–H groups in total. The molecule has 0 saturated carbocycles. The summed E-state index contributed by atoms with van der Waals surface area (Å²) in [7, 11) is 1.66. The molecule has 1 fully saturated rings. The van der Waals surface area contributed by atoms with Gasteiger partial charge < -0.3 is 15.0 Å². The third-order valence-electron chi connectivity index (χ3n) is 3.48. The van der Waals surface area contributed by atoms with E-state index in [1.54, 1.807) is 12.0 Å². The zero-order valence-corrected chi connectivity index (χ0v) is 11.9. The van der Waals surface area contributed by atoms with E-state index in [0.29, 0.717) is 13.0 Å². The van der Waals surface area contributed by atoms with Crippen LogP contribution in [-0.2, 0) is 14.3 Å². The van der Waals surface area contributed by atoms with Crippen LogP contribution in [0.5, 0.6) is 0 Å². The van der Waals surface area contributed by atoms with Gasteiger partial charge >= 0.3 is 0 Å². The maximum Gasteiger partial charge on any atom is 0.243 e. The fraction of sp³-hybridized carbons (Fsp3) is 0.846. The highest BCUT2D eigenvalue weighted by Crippen LogP contribution is 2.19. The molecule has 0 spiro atoms. The van der Waals surface area contributed by atoms with Crippen LogP contribution in [0, 0.1) is 5.92 Å². The van der Waals surface area contributed by atoms with Crippen LogP contribution in [0.2, 0.25) is 0 Å². The quantitative estimate of drug-likeness (QED) is 0.791. The lowest BCUT2D eigenvalue weighted by Gasteiger charge is -2.38. The van der Waals surface area contributed by atoms with E-state index >= 15 is 0 Å². The van der Waals surface area contributed by atoms with E-state index in [4.69, 9.17) is 4.74 Å². The van der Waals surface area contributed by atoms with Crippen molar-refractivity contribution in [1.29, 1.82) is 0 Å². The van der Waals surface area contributed by atoms with Crippen LogP contribution in [0.3, 0.4) is 0 Å². The molecule has 104 valence electrons. The number of rotatable bonds is 5. The van der Waals surface area contributed by atoms with Crippen LogP contribution in [0.15, 0.2) is 0 Å². The van der Waals surface area contributed by atoms with Gasteiger partial charge in [-0.05, 0) is 26.2 Å². The first kappa shape index (κ1) is 15.0. The zero-order chi connectivity index (χ0) is 13.9. The molecule has 1 unspecified atom stereocenters. The van der Waals surface area contributed by atoms with Crippen molar-refractivity contribution >= 4 is 11.8 Å². The summed E-state index contributed by atoms with van der Waals surface area (Å²) in [5.74, 6) is 0.0416. The van der Waals surface area contributed by atoms with Crippen molar-refractivity contribution in [3.05, 3.63) is 0 Å². The summed E-state index contributed by atoms with van der Waals surface area (Å²) in [6.45, 7) is 8.53. The Balaban J connectivity index is 2.74. The molecule has 2 amide bonds. The lowest BCUT2D eigenvalue weighted by Crippen LogP contribution is -2.60. The van der Waals surface area contributed by atoms with Crippen LogP contribution < -0.4 is 5.32 Å². The highest BCUT2D eigenvalue weighted by atomic mass is 16.5. The number of carbonyl (C=O) groups excluding carboxylic acids is 2. The first-order chi connectivity index (χ1) is 8.28. The Hall–Kier alpha value is -1.10. The molecule has 0 aliphatic carbocycles. The average Bonchev–Trinajstić information content (AvgIpc) is 2.29. The van der Waals surface area contributed by atoms with Gasteiger partial charge in [0.05, 0.1) is 12.1 Å². The first-order valence-corrected chi connectivity index (χ1v) is 6.41. The molecule has 0 aromatic heterocycles. The monoisotopic (exact) mass is 256 g/mol. The van der Waals surface area contributed by atoms with Crippen LogP contribution >= 0.6 is 0 Å². The summed E-state index contributed by atoms with van der Waals surface area (Å²) in [6, 6.07) is -0.362. The predicted octanol–water partition coefficient (Wildman–Crippen LogP) is 0.785. The Labute approximate surface area is 109 Å². The normalized spacial score (nSPS) is 21.4. The minimum absolute atomic E-state index is 0.0137. The summed E-state index contributed by atoms with van der Waals surface area (Å²) in [4.78, 5) is 25.5. The number of carbonyl (C=O) groups is 2. The van der Waals surface area contributed by atoms with Gasteiger partial charge in [-0.1, -0.05) is 13.8 Å². The Morgan fingerprint density at radius 3 is 2.56 bits per heavy atom. The SMILES string of the molecule is COC(C)(C)CCN1C(=O)CNC(=O)C1C(C)C. The number of nitrogens with zero attached hydrogens (tertiary/aromatic N) is 1. The number of hydrogen-bond donors (Lipinski definition) is 1. The maximum absolute atomic E-state index is 11.9. The molecule has 1 aliphatic rings. The molecule has 5 nitrogen and oxygen atoms in total. The van der Waals surface area contributed by atoms with E-state index in [-0.39, 0.29) is 35.9 Å². The Morgan fingerprint density at radius 2 is 2.06 bits per heavy atom. The van der Waals surface area contributed by atoms with Crippen molar-refractivity contribution < 1.29 is 14.3 Å². The summed E-state index contributed by atoms with van der Waals surface area (Å²) in [6.07, 6.45) is 0.714. The Morgan fingerprint density at radius 1 is 1.44 bits per heavy atom. The number of nitrogens with one attached hydrogen (secondary N) is 1. The molecule has 0 aromatic carbocycles. The van der Waals surface area contributed by atoms with Crippen molar-refractivity contribution in [1.82, 2.24) is 10.2 Å². The molecule has 0 aromatic rings. The van der Waals surface area contributed by atoms with Crippen LogP contribution in [-0.4, -0.2) is 48.6 Å². The molecule has 0 radical (unpaired) electrons. The zero-order valence-electron chi connectivity index (χ0n) is 11.9. The third-order valence-corrected chi connectivity index (χ3v) is 3.48. The molecule has 1 rings (SSSR count). The van der Waals surface area contributed by atoms with Crippen LogP contribution in [0.1, 0.15) is 34.1 Å². The standard InChI is InChI=1S/C13H24N2O3/c1-9(2)11-12(17)14-8-10(16)15(11)7-6-13(3,4)18-5/h9,11H,6-8H2,1-5H3,(H,14,17).